The number of aromatic nitrogens is 2. The normalized spacial score (nSPS) is 17.4. The first-order chi connectivity index (χ1) is 8.36. The Morgan fingerprint density at radius 3 is 2.71 bits per heavy atom. The molecule has 1 saturated carbocycles. The lowest BCUT2D eigenvalue weighted by Gasteiger charge is -2.22. The minimum absolute atomic E-state index is 0.0648. The highest BCUT2D eigenvalue weighted by Crippen LogP contribution is 2.26. The third-order valence-corrected chi connectivity index (χ3v) is 3.64. The van der Waals surface area contributed by atoms with Gasteiger partial charge >= 0.3 is 0 Å². The number of nitrogens with zero attached hydrogens (tertiary/aromatic N) is 2. The number of rotatable bonds is 1. The van der Waals surface area contributed by atoms with Crippen LogP contribution in [0.2, 0.25) is 0 Å². The van der Waals surface area contributed by atoms with Gasteiger partial charge in [-0.3, -0.25) is 4.79 Å². The Morgan fingerprint density at radius 1 is 1.12 bits per heavy atom. The van der Waals surface area contributed by atoms with Crippen molar-refractivity contribution in [2.45, 2.75) is 38.1 Å². The molecule has 1 aliphatic carbocycles. The van der Waals surface area contributed by atoms with E-state index in [1.807, 2.05) is 30.5 Å². The molecule has 88 valence electrons. The molecule has 0 spiro atoms. The Morgan fingerprint density at radius 2 is 1.88 bits per heavy atom. The smallest absolute Gasteiger partial charge is 0.267 e. The average Bonchev–Trinajstić information content (AvgIpc) is 2.40. The molecular weight excluding hydrogens is 212 g/mol. The Kier molecular flexibility index (Phi) is 2.67. The van der Waals surface area contributed by atoms with E-state index < -0.39 is 0 Å². The van der Waals surface area contributed by atoms with Gasteiger partial charge in [-0.2, -0.15) is 5.10 Å². The fourth-order valence-electron chi connectivity index (χ4n) is 2.69. The fourth-order valence-corrected chi connectivity index (χ4v) is 2.69. The third-order valence-electron chi connectivity index (χ3n) is 3.64. The first kappa shape index (κ1) is 10.5. The molecule has 0 unspecified atom stereocenters. The van der Waals surface area contributed by atoms with Crippen molar-refractivity contribution in [2.24, 2.45) is 0 Å². The minimum atomic E-state index is 0.0648. The summed E-state index contributed by atoms with van der Waals surface area (Å²) in [5.74, 6) is 0. The number of hydrogen-bond donors (Lipinski definition) is 0. The van der Waals surface area contributed by atoms with Crippen molar-refractivity contribution in [3.8, 4) is 0 Å². The zero-order chi connectivity index (χ0) is 11.7. The van der Waals surface area contributed by atoms with E-state index in [-0.39, 0.29) is 5.56 Å². The summed E-state index contributed by atoms with van der Waals surface area (Å²) in [5, 5.41) is 6.05. The van der Waals surface area contributed by atoms with Crippen LogP contribution in [0, 0.1) is 0 Å². The van der Waals surface area contributed by atoms with Crippen molar-refractivity contribution >= 4 is 10.8 Å². The van der Waals surface area contributed by atoms with Crippen LogP contribution in [0.15, 0.2) is 35.3 Å². The van der Waals surface area contributed by atoms with Gasteiger partial charge in [0.15, 0.2) is 0 Å². The average molecular weight is 228 g/mol. The van der Waals surface area contributed by atoms with Crippen LogP contribution >= 0.6 is 0 Å². The van der Waals surface area contributed by atoms with Gasteiger partial charge < -0.3 is 0 Å². The molecule has 0 bridgehead atoms. The van der Waals surface area contributed by atoms with E-state index in [0.717, 1.165) is 23.6 Å². The molecule has 3 rings (SSSR count). The van der Waals surface area contributed by atoms with E-state index in [2.05, 4.69) is 5.10 Å². The van der Waals surface area contributed by atoms with Gasteiger partial charge in [0.2, 0.25) is 0 Å². The molecule has 1 aromatic heterocycles. The van der Waals surface area contributed by atoms with Crippen molar-refractivity contribution in [2.75, 3.05) is 0 Å². The summed E-state index contributed by atoms with van der Waals surface area (Å²) in [5.41, 5.74) is 0.0648. The zero-order valence-electron chi connectivity index (χ0n) is 9.80. The Bertz CT molecular complexity index is 582. The summed E-state index contributed by atoms with van der Waals surface area (Å²) in [6.45, 7) is 0. The Labute approximate surface area is 100 Å². The van der Waals surface area contributed by atoms with Crippen molar-refractivity contribution < 1.29 is 0 Å². The van der Waals surface area contributed by atoms with Gasteiger partial charge in [0.05, 0.1) is 17.6 Å². The molecule has 2 aromatic rings. The molecule has 0 N–H and O–H groups in total. The monoisotopic (exact) mass is 228 g/mol. The highest BCUT2D eigenvalue weighted by atomic mass is 16.1. The molecule has 17 heavy (non-hydrogen) atoms. The summed E-state index contributed by atoms with van der Waals surface area (Å²) in [7, 11) is 0. The van der Waals surface area contributed by atoms with Crippen LogP contribution in [0.4, 0.5) is 0 Å². The van der Waals surface area contributed by atoms with E-state index in [0.29, 0.717) is 6.04 Å². The standard InChI is InChI=1S/C14H16N2O/c17-14-13-9-5-4-6-11(13)10-15-16(14)12-7-2-1-3-8-12/h4-6,9-10,12H,1-3,7-8H2. The molecule has 1 aliphatic rings. The van der Waals surface area contributed by atoms with Crippen molar-refractivity contribution in [1.82, 2.24) is 9.78 Å². The second-order valence-corrected chi connectivity index (χ2v) is 4.77. The van der Waals surface area contributed by atoms with Crippen molar-refractivity contribution in [1.29, 1.82) is 0 Å². The molecule has 0 aliphatic heterocycles. The van der Waals surface area contributed by atoms with Crippen LogP contribution in [0.5, 0.6) is 0 Å². The lowest BCUT2D eigenvalue weighted by Crippen LogP contribution is -2.28. The van der Waals surface area contributed by atoms with E-state index in [4.69, 9.17) is 0 Å². The van der Waals surface area contributed by atoms with Gasteiger partial charge in [-0.05, 0) is 18.9 Å². The first-order valence-corrected chi connectivity index (χ1v) is 6.33. The van der Waals surface area contributed by atoms with Gasteiger partial charge in [-0.15, -0.1) is 0 Å². The number of benzene rings is 1. The summed E-state index contributed by atoms with van der Waals surface area (Å²) < 4.78 is 1.70. The van der Waals surface area contributed by atoms with Crippen molar-refractivity contribution in [3.63, 3.8) is 0 Å². The van der Waals surface area contributed by atoms with E-state index >= 15 is 0 Å². The topological polar surface area (TPSA) is 34.9 Å². The molecular formula is C14H16N2O. The van der Waals surface area contributed by atoms with Gasteiger partial charge in [0.1, 0.15) is 0 Å². The number of fused-ring (bicyclic) bond motifs is 1. The van der Waals surface area contributed by atoms with E-state index in [1.54, 1.807) is 4.68 Å². The highest BCUT2D eigenvalue weighted by molar-refractivity contribution is 5.80. The summed E-state index contributed by atoms with van der Waals surface area (Å²) in [4.78, 5) is 12.3. The SMILES string of the molecule is O=c1c2ccccc2cnn1C1CCCCC1. The van der Waals surface area contributed by atoms with Crippen LogP contribution in [0.3, 0.4) is 0 Å². The zero-order valence-corrected chi connectivity index (χ0v) is 9.80. The molecule has 3 nitrogen and oxygen atoms in total. The summed E-state index contributed by atoms with van der Waals surface area (Å²) in [6, 6.07) is 7.98. The van der Waals surface area contributed by atoms with E-state index in [9.17, 15) is 4.79 Å². The lowest BCUT2D eigenvalue weighted by atomic mass is 9.95. The predicted molar refractivity (Wildman–Crippen MR) is 68.1 cm³/mol. The van der Waals surface area contributed by atoms with Crippen LogP contribution < -0.4 is 5.56 Å². The Hall–Kier alpha value is -1.64. The molecule has 0 amide bonds. The van der Waals surface area contributed by atoms with Crippen molar-refractivity contribution in [3.05, 3.63) is 40.8 Å². The number of hydrogen-bond acceptors (Lipinski definition) is 2. The van der Waals surface area contributed by atoms with Gasteiger partial charge in [-0.1, -0.05) is 37.5 Å². The van der Waals surface area contributed by atoms with E-state index in [1.165, 1.54) is 19.3 Å². The third kappa shape index (κ3) is 1.86. The minimum Gasteiger partial charge on any atom is -0.267 e. The predicted octanol–water partition coefficient (Wildman–Crippen LogP) is 2.90. The van der Waals surface area contributed by atoms with Crippen LogP contribution in [-0.2, 0) is 0 Å². The summed E-state index contributed by atoms with van der Waals surface area (Å²) in [6.07, 6.45) is 7.71. The summed E-state index contributed by atoms with van der Waals surface area (Å²) >= 11 is 0. The molecule has 1 heterocycles. The lowest BCUT2D eigenvalue weighted by molar-refractivity contribution is 0.320. The first-order valence-electron chi connectivity index (χ1n) is 6.33. The maximum absolute atomic E-state index is 12.3. The molecule has 1 aromatic carbocycles. The van der Waals surface area contributed by atoms with Gasteiger partial charge in [-0.25, -0.2) is 4.68 Å². The molecule has 3 heteroatoms. The molecule has 0 saturated heterocycles. The molecule has 0 atom stereocenters. The second kappa shape index (κ2) is 4.32. The quantitative estimate of drug-likeness (QED) is 0.752. The van der Waals surface area contributed by atoms with Crippen LogP contribution in [0.1, 0.15) is 38.1 Å². The van der Waals surface area contributed by atoms with Crippen LogP contribution in [0.25, 0.3) is 10.8 Å². The highest BCUT2D eigenvalue weighted by Gasteiger charge is 2.17. The Balaban J connectivity index is 2.11. The largest absolute Gasteiger partial charge is 0.274 e. The maximum Gasteiger partial charge on any atom is 0.274 e. The van der Waals surface area contributed by atoms with Gasteiger partial charge in [0, 0.05) is 5.39 Å². The van der Waals surface area contributed by atoms with Gasteiger partial charge in [0.25, 0.3) is 5.56 Å². The fraction of sp³-hybridized carbons (Fsp3) is 0.429. The molecule has 0 radical (unpaired) electrons. The maximum atomic E-state index is 12.3. The molecule has 1 fully saturated rings. The second-order valence-electron chi connectivity index (χ2n) is 4.77. The van der Waals surface area contributed by atoms with Crippen LogP contribution in [-0.4, -0.2) is 9.78 Å².